The van der Waals surface area contributed by atoms with Crippen LogP contribution in [0.25, 0.3) is 0 Å². The van der Waals surface area contributed by atoms with Crippen molar-refractivity contribution in [1.29, 1.82) is 0 Å². The molecule has 0 aliphatic heterocycles. The summed E-state index contributed by atoms with van der Waals surface area (Å²) in [5.74, 6) is -2.17. The van der Waals surface area contributed by atoms with E-state index in [1.165, 1.54) is 0 Å². The number of benzene rings is 1. The minimum atomic E-state index is -3.49. The van der Waals surface area contributed by atoms with Gasteiger partial charge in [-0.25, -0.2) is 12.8 Å². The molecule has 0 spiro atoms. The zero-order valence-corrected chi connectivity index (χ0v) is 12.2. The number of aliphatic carboxylic acids is 1. The highest BCUT2D eigenvalue weighted by atomic mass is 32.2. The van der Waals surface area contributed by atoms with Crippen molar-refractivity contribution >= 4 is 27.4 Å². The average Bonchev–Trinajstić information content (AvgIpc) is 2.36. The van der Waals surface area contributed by atoms with Crippen LogP contribution in [0, 0.1) is 5.82 Å². The fraction of sp³-hybridized carbons (Fsp3) is 0.385. The van der Waals surface area contributed by atoms with E-state index in [0.29, 0.717) is 12.8 Å². The molecule has 0 atom stereocenters. The second-order valence-corrected chi connectivity index (χ2v) is 6.58. The molecule has 6 nitrogen and oxygen atoms in total. The van der Waals surface area contributed by atoms with Gasteiger partial charge in [-0.05, 0) is 31.0 Å². The number of rotatable bonds is 7. The Bertz CT molecular complexity index is 642. The molecule has 2 N–H and O–H groups in total. The summed E-state index contributed by atoms with van der Waals surface area (Å²) in [6.45, 7) is 0. The lowest BCUT2D eigenvalue weighted by Crippen LogP contribution is -2.13. The van der Waals surface area contributed by atoms with E-state index in [1.807, 2.05) is 0 Å². The van der Waals surface area contributed by atoms with Crippen molar-refractivity contribution in [2.24, 2.45) is 0 Å². The maximum atomic E-state index is 13.5. The van der Waals surface area contributed by atoms with Crippen LogP contribution in [0.2, 0.25) is 0 Å². The van der Waals surface area contributed by atoms with Crippen molar-refractivity contribution in [2.75, 3.05) is 11.6 Å². The fourth-order valence-corrected chi connectivity index (χ4v) is 2.25. The Hall–Kier alpha value is -1.96. The van der Waals surface area contributed by atoms with Gasteiger partial charge in [-0.15, -0.1) is 0 Å². The summed E-state index contributed by atoms with van der Waals surface area (Å²) >= 11 is 0. The average molecular weight is 317 g/mol. The van der Waals surface area contributed by atoms with Crippen molar-refractivity contribution < 1.29 is 27.5 Å². The molecule has 1 aromatic carbocycles. The number of nitrogens with one attached hydrogen (secondary N) is 1. The Labute approximate surface area is 121 Å². The largest absolute Gasteiger partial charge is 0.481 e. The third-order valence-corrected chi connectivity index (χ3v) is 3.79. The number of carboxylic acids is 1. The molecule has 0 unspecified atom stereocenters. The summed E-state index contributed by atoms with van der Waals surface area (Å²) in [5, 5.41) is 10.7. The molecule has 0 heterocycles. The van der Waals surface area contributed by atoms with Gasteiger partial charge < -0.3 is 10.4 Å². The summed E-state index contributed by atoms with van der Waals surface area (Å²) in [5.41, 5.74) is -0.207. The number of amides is 1. The molecule has 1 rings (SSSR count). The van der Waals surface area contributed by atoms with Crippen LogP contribution >= 0.6 is 0 Å². The minimum absolute atomic E-state index is 0.0365. The lowest BCUT2D eigenvalue weighted by atomic mass is 10.2. The smallest absolute Gasteiger partial charge is 0.303 e. The number of unbranched alkanes of at least 4 members (excludes halogenated alkanes) is 1. The highest BCUT2D eigenvalue weighted by Gasteiger charge is 2.13. The van der Waals surface area contributed by atoms with E-state index in [-0.39, 0.29) is 23.4 Å². The highest BCUT2D eigenvalue weighted by Crippen LogP contribution is 2.20. The molecule has 21 heavy (non-hydrogen) atoms. The molecule has 0 bridgehead atoms. The van der Waals surface area contributed by atoms with Gasteiger partial charge in [-0.3, -0.25) is 9.59 Å². The minimum Gasteiger partial charge on any atom is -0.481 e. The first-order valence-corrected chi connectivity index (χ1v) is 8.10. The molecule has 0 aliphatic rings. The van der Waals surface area contributed by atoms with Crippen LogP contribution < -0.4 is 5.32 Å². The quantitative estimate of drug-likeness (QED) is 0.590. The summed E-state index contributed by atoms with van der Waals surface area (Å²) in [6, 6.07) is 3.14. The number of carbonyl (C=O) groups is 2. The molecule has 0 radical (unpaired) electrons. The van der Waals surface area contributed by atoms with E-state index < -0.39 is 27.5 Å². The molecule has 8 heteroatoms. The maximum Gasteiger partial charge on any atom is 0.303 e. The Morgan fingerprint density at radius 2 is 1.86 bits per heavy atom. The monoisotopic (exact) mass is 317 g/mol. The van der Waals surface area contributed by atoms with Crippen LogP contribution in [-0.4, -0.2) is 31.7 Å². The first-order valence-electron chi connectivity index (χ1n) is 6.21. The van der Waals surface area contributed by atoms with Gasteiger partial charge in [0.25, 0.3) is 0 Å². The molecule has 0 saturated heterocycles. The van der Waals surface area contributed by atoms with E-state index in [4.69, 9.17) is 5.11 Å². The van der Waals surface area contributed by atoms with Gasteiger partial charge in [0.05, 0.1) is 10.6 Å². The van der Waals surface area contributed by atoms with Gasteiger partial charge >= 0.3 is 5.97 Å². The van der Waals surface area contributed by atoms with Crippen molar-refractivity contribution in [1.82, 2.24) is 0 Å². The normalized spacial score (nSPS) is 11.1. The molecule has 0 saturated carbocycles. The molecular weight excluding hydrogens is 301 g/mol. The van der Waals surface area contributed by atoms with Crippen LogP contribution in [0.5, 0.6) is 0 Å². The molecule has 1 aromatic rings. The Morgan fingerprint density at radius 1 is 1.24 bits per heavy atom. The number of hydrogen-bond donors (Lipinski definition) is 2. The number of anilines is 1. The zero-order valence-electron chi connectivity index (χ0n) is 11.4. The molecule has 0 aliphatic carbocycles. The van der Waals surface area contributed by atoms with Crippen LogP contribution in [0.15, 0.2) is 23.1 Å². The molecule has 116 valence electrons. The Morgan fingerprint density at radius 3 is 2.43 bits per heavy atom. The molecular formula is C13H16FNO5S. The lowest BCUT2D eigenvalue weighted by molar-refractivity contribution is -0.137. The van der Waals surface area contributed by atoms with E-state index in [2.05, 4.69) is 5.32 Å². The number of sulfone groups is 1. The van der Waals surface area contributed by atoms with Gasteiger partial charge in [-0.1, -0.05) is 0 Å². The highest BCUT2D eigenvalue weighted by molar-refractivity contribution is 7.90. The van der Waals surface area contributed by atoms with Crippen molar-refractivity contribution in [3.63, 3.8) is 0 Å². The van der Waals surface area contributed by atoms with Gasteiger partial charge in [0.15, 0.2) is 9.84 Å². The zero-order chi connectivity index (χ0) is 16.0. The van der Waals surface area contributed by atoms with Crippen LogP contribution in [0.3, 0.4) is 0 Å². The summed E-state index contributed by atoms with van der Waals surface area (Å²) in [7, 11) is -3.49. The Kier molecular flexibility index (Phi) is 5.83. The second-order valence-electron chi connectivity index (χ2n) is 4.56. The predicted molar refractivity (Wildman–Crippen MR) is 74.2 cm³/mol. The molecule has 0 aromatic heterocycles. The van der Waals surface area contributed by atoms with Gasteiger partial charge in [-0.2, -0.15) is 0 Å². The van der Waals surface area contributed by atoms with Crippen molar-refractivity contribution in [3.8, 4) is 0 Å². The van der Waals surface area contributed by atoms with E-state index >= 15 is 0 Å². The van der Waals surface area contributed by atoms with Gasteiger partial charge in [0.1, 0.15) is 5.82 Å². The van der Waals surface area contributed by atoms with Gasteiger partial charge in [0, 0.05) is 19.1 Å². The second kappa shape index (κ2) is 7.16. The van der Waals surface area contributed by atoms with Crippen LogP contribution in [-0.2, 0) is 19.4 Å². The third-order valence-electron chi connectivity index (χ3n) is 2.68. The van der Waals surface area contributed by atoms with E-state index in [1.54, 1.807) is 0 Å². The van der Waals surface area contributed by atoms with Crippen molar-refractivity contribution in [3.05, 3.63) is 24.0 Å². The summed E-state index contributed by atoms with van der Waals surface area (Å²) < 4.78 is 36.3. The maximum absolute atomic E-state index is 13.5. The first kappa shape index (κ1) is 17.1. The number of carbonyl (C=O) groups excluding carboxylic acids is 1. The standard InChI is InChI=1S/C13H16FNO5S/c1-21(19,20)9-6-7-10(14)11(8-9)15-12(16)4-2-3-5-13(17)18/h6-8H,2-5H2,1H3,(H,15,16)(H,17,18). The van der Waals surface area contributed by atoms with Crippen molar-refractivity contribution in [2.45, 2.75) is 30.6 Å². The predicted octanol–water partition coefficient (Wildman–Crippen LogP) is 1.81. The first-order chi connectivity index (χ1) is 9.70. The fourth-order valence-electron chi connectivity index (χ4n) is 1.61. The number of hydrogen-bond acceptors (Lipinski definition) is 4. The Balaban J connectivity index is 2.65. The summed E-state index contributed by atoms with van der Waals surface area (Å²) in [6.07, 6.45) is 1.68. The number of carboxylic acid groups (broad SMARTS) is 1. The van der Waals surface area contributed by atoms with E-state index in [0.717, 1.165) is 24.5 Å². The third kappa shape index (κ3) is 5.90. The molecule has 1 amide bonds. The van der Waals surface area contributed by atoms with Crippen LogP contribution in [0.1, 0.15) is 25.7 Å². The van der Waals surface area contributed by atoms with Gasteiger partial charge in [0.2, 0.25) is 5.91 Å². The van der Waals surface area contributed by atoms with E-state index in [9.17, 15) is 22.4 Å². The number of halogens is 1. The summed E-state index contributed by atoms with van der Waals surface area (Å²) in [4.78, 5) is 21.8. The SMILES string of the molecule is CS(=O)(=O)c1ccc(F)c(NC(=O)CCCCC(=O)O)c1. The topological polar surface area (TPSA) is 101 Å². The molecule has 0 fully saturated rings. The lowest BCUT2D eigenvalue weighted by Gasteiger charge is -2.08. The van der Waals surface area contributed by atoms with Crippen LogP contribution in [0.4, 0.5) is 10.1 Å².